The Labute approximate surface area is 103 Å². The predicted octanol–water partition coefficient (Wildman–Crippen LogP) is 0.426. The molecule has 0 aliphatic heterocycles. The summed E-state index contributed by atoms with van der Waals surface area (Å²) in [7, 11) is 0. The third kappa shape index (κ3) is 8.68. The Morgan fingerprint density at radius 2 is 1.82 bits per heavy atom. The Bertz CT molecular complexity index is 257. The number of nitrogens with one attached hydrogen (secondary N) is 2. The van der Waals surface area contributed by atoms with E-state index in [-0.39, 0.29) is 18.4 Å². The molecule has 1 atom stereocenters. The molecule has 0 aromatic rings. The molecular weight excluding hydrogens is 220 g/mol. The number of rotatable bonds is 6. The van der Waals surface area contributed by atoms with Crippen LogP contribution in [0.3, 0.4) is 0 Å². The highest BCUT2D eigenvalue weighted by Crippen LogP contribution is 2.12. The Morgan fingerprint density at radius 1 is 1.24 bits per heavy atom. The van der Waals surface area contributed by atoms with E-state index in [1.165, 1.54) is 0 Å². The second kappa shape index (κ2) is 7.27. The summed E-state index contributed by atoms with van der Waals surface area (Å²) >= 11 is 0. The van der Waals surface area contributed by atoms with Crippen LogP contribution in [0.25, 0.3) is 0 Å². The van der Waals surface area contributed by atoms with Gasteiger partial charge in [-0.2, -0.15) is 0 Å². The zero-order valence-corrected chi connectivity index (χ0v) is 11.2. The van der Waals surface area contributed by atoms with E-state index in [0.29, 0.717) is 19.4 Å². The first-order valence-electron chi connectivity index (χ1n) is 5.96. The molecule has 5 heteroatoms. The zero-order valence-electron chi connectivity index (χ0n) is 11.2. The molecule has 100 valence electrons. The fourth-order valence-corrected chi connectivity index (χ4v) is 1.07. The van der Waals surface area contributed by atoms with Crippen LogP contribution in [-0.2, 0) is 9.59 Å². The first-order chi connectivity index (χ1) is 7.73. The zero-order chi connectivity index (χ0) is 13.5. The minimum absolute atomic E-state index is 0.0121. The van der Waals surface area contributed by atoms with Crippen molar-refractivity contribution in [3.63, 3.8) is 0 Å². The molecule has 0 aliphatic carbocycles. The average molecular weight is 244 g/mol. The molecule has 0 fully saturated rings. The molecule has 0 saturated heterocycles. The SMILES string of the molecule is CC(O)CNC(=O)CCCNC(=O)C(C)(C)C. The van der Waals surface area contributed by atoms with Crippen LogP contribution in [0.4, 0.5) is 0 Å². The topological polar surface area (TPSA) is 78.4 Å². The predicted molar refractivity (Wildman–Crippen MR) is 66.4 cm³/mol. The Hall–Kier alpha value is -1.10. The number of hydrogen-bond acceptors (Lipinski definition) is 3. The third-order valence-corrected chi connectivity index (χ3v) is 2.14. The van der Waals surface area contributed by atoms with Crippen molar-refractivity contribution < 1.29 is 14.7 Å². The molecule has 2 amide bonds. The van der Waals surface area contributed by atoms with Crippen LogP contribution in [0, 0.1) is 5.41 Å². The van der Waals surface area contributed by atoms with E-state index in [0.717, 1.165) is 0 Å². The van der Waals surface area contributed by atoms with E-state index >= 15 is 0 Å². The van der Waals surface area contributed by atoms with Gasteiger partial charge in [-0.3, -0.25) is 9.59 Å². The molecule has 17 heavy (non-hydrogen) atoms. The summed E-state index contributed by atoms with van der Waals surface area (Å²) in [5, 5.41) is 14.3. The van der Waals surface area contributed by atoms with Crippen molar-refractivity contribution in [2.75, 3.05) is 13.1 Å². The molecule has 0 aromatic heterocycles. The molecule has 0 heterocycles. The van der Waals surface area contributed by atoms with Crippen LogP contribution in [0.1, 0.15) is 40.5 Å². The minimum atomic E-state index is -0.528. The highest BCUT2D eigenvalue weighted by Gasteiger charge is 2.20. The van der Waals surface area contributed by atoms with Crippen LogP contribution in [0.5, 0.6) is 0 Å². The number of carbonyl (C=O) groups is 2. The van der Waals surface area contributed by atoms with Gasteiger partial charge in [-0.1, -0.05) is 20.8 Å². The number of carbonyl (C=O) groups excluding carboxylic acids is 2. The van der Waals surface area contributed by atoms with Gasteiger partial charge in [-0.15, -0.1) is 0 Å². The number of aliphatic hydroxyl groups is 1. The number of amides is 2. The van der Waals surface area contributed by atoms with E-state index in [1.807, 2.05) is 20.8 Å². The van der Waals surface area contributed by atoms with E-state index in [2.05, 4.69) is 10.6 Å². The fraction of sp³-hybridized carbons (Fsp3) is 0.833. The lowest BCUT2D eigenvalue weighted by molar-refractivity contribution is -0.128. The van der Waals surface area contributed by atoms with Gasteiger partial charge in [0.15, 0.2) is 0 Å². The molecule has 3 N–H and O–H groups in total. The summed E-state index contributed by atoms with van der Waals surface area (Å²) < 4.78 is 0. The van der Waals surface area contributed by atoms with Crippen LogP contribution in [0.15, 0.2) is 0 Å². The quantitative estimate of drug-likeness (QED) is 0.593. The molecule has 0 saturated carbocycles. The number of aliphatic hydroxyl groups excluding tert-OH is 1. The molecule has 5 nitrogen and oxygen atoms in total. The van der Waals surface area contributed by atoms with Crippen molar-refractivity contribution in [2.24, 2.45) is 5.41 Å². The summed E-state index contributed by atoms with van der Waals surface area (Å²) in [6, 6.07) is 0. The molecule has 0 radical (unpaired) electrons. The van der Waals surface area contributed by atoms with Crippen molar-refractivity contribution in [3.05, 3.63) is 0 Å². The lowest BCUT2D eigenvalue weighted by atomic mass is 9.96. The van der Waals surface area contributed by atoms with Gasteiger partial charge in [0.2, 0.25) is 11.8 Å². The highest BCUT2D eigenvalue weighted by atomic mass is 16.3. The average Bonchev–Trinajstić information content (AvgIpc) is 2.19. The fourth-order valence-electron chi connectivity index (χ4n) is 1.07. The Balaban J connectivity index is 3.58. The van der Waals surface area contributed by atoms with Crippen LogP contribution >= 0.6 is 0 Å². The van der Waals surface area contributed by atoms with Crippen LogP contribution in [-0.4, -0.2) is 36.1 Å². The molecule has 0 aliphatic rings. The largest absolute Gasteiger partial charge is 0.392 e. The van der Waals surface area contributed by atoms with Crippen molar-refractivity contribution in [1.82, 2.24) is 10.6 Å². The summed E-state index contributed by atoms with van der Waals surface area (Å²) in [6.07, 6.45) is 0.435. The van der Waals surface area contributed by atoms with Crippen LogP contribution in [0.2, 0.25) is 0 Å². The monoisotopic (exact) mass is 244 g/mol. The van der Waals surface area contributed by atoms with Gasteiger partial charge in [0.1, 0.15) is 0 Å². The van der Waals surface area contributed by atoms with Gasteiger partial charge in [-0.05, 0) is 13.3 Å². The second-order valence-corrected chi connectivity index (χ2v) is 5.26. The van der Waals surface area contributed by atoms with E-state index in [1.54, 1.807) is 6.92 Å². The second-order valence-electron chi connectivity index (χ2n) is 5.26. The van der Waals surface area contributed by atoms with Gasteiger partial charge in [0, 0.05) is 24.9 Å². The van der Waals surface area contributed by atoms with Crippen LogP contribution < -0.4 is 10.6 Å². The molecule has 0 spiro atoms. The first-order valence-corrected chi connectivity index (χ1v) is 5.96. The molecular formula is C12H24N2O3. The van der Waals surface area contributed by atoms with E-state index in [9.17, 15) is 9.59 Å². The van der Waals surface area contributed by atoms with Gasteiger partial charge in [0.25, 0.3) is 0 Å². The third-order valence-electron chi connectivity index (χ3n) is 2.14. The lowest BCUT2D eigenvalue weighted by Gasteiger charge is -2.17. The van der Waals surface area contributed by atoms with Gasteiger partial charge in [0.05, 0.1) is 6.10 Å². The summed E-state index contributed by atoms with van der Waals surface area (Å²) in [4.78, 5) is 22.7. The molecule has 0 bridgehead atoms. The van der Waals surface area contributed by atoms with Gasteiger partial charge in [-0.25, -0.2) is 0 Å². The van der Waals surface area contributed by atoms with Crippen molar-refractivity contribution in [3.8, 4) is 0 Å². The maximum atomic E-state index is 11.5. The van der Waals surface area contributed by atoms with Crippen molar-refractivity contribution in [1.29, 1.82) is 0 Å². The first kappa shape index (κ1) is 15.9. The summed E-state index contributed by atoms with van der Waals surface area (Å²) in [5.74, 6) is -0.113. The molecule has 0 aromatic carbocycles. The van der Waals surface area contributed by atoms with E-state index in [4.69, 9.17) is 5.11 Å². The van der Waals surface area contributed by atoms with Crippen molar-refractivity contribution >= 4 is 11.8 Å². The van der Waals surface area contributed by atoms with Crippen molar-refractivity contribution in [2.45, 2.75) is 46.6 Å². The maximum Gasteiger partial charge on any atom is 0.225 e. The highest BCUT2D eigenvalue weighted by molar-refractivity contribution is 5.81. The van der Waals surface area contributed by atoms with Gasteiger partial charge >= 0.3 is 0 Å². The maximum absolute atomic E-state index is 11.5. The minimum Gasteiger partial charge on any atom is -0.392 e. The normalized spacial score (nSPS) is 13.0. The Kier molecular flexibility index (Phi) is 6.80. The standard InChI is InChI=1S/C12H24N2O3/c1-9(15)8-14-10(16)6-5-7-13-11(17)12(2,3)4/h9,15H,5-8H2,1-4H3,(H,13,17)(H,14,16). The van der Waals surface area contributed by atoms with Gasteiger partial charge < -0.3 is 15.7 Å². The molecule has 1 unspecified atom stereocenters. The Morgan fingerprint density at radius 3 is 2.29 bits per heavy atom. The molecule has 0 rings (SSSR count). The smallest absolute Gasteiger partial charge is 0.225 e. The summed E-state index contributed by atoms with van der Waals surface area (Å²) in [5.41, 5.74) is -0.394. The lowest BCUT2D eigenvalue weighted by Crippen LogP contribution is -2.36. The number of hydrogen-bond donors (Lipinski definition) is 3. The van der Waals surface area contributed by atoms with E-state index < -0.39 is 11.5 Å². The summed E-state index contributed by atoms with van der Waals surface area (Å²) in [6.45, 7) is 7.92.